The van der Waals surface area contributed by atoms with Crippen LogP contribution < -0.4 is 11.5 Å². The molecule has 1 aliphatic rings. The molecule has 0 saturated carbocycles. The highest BCUT2D eigenvalue weighted by molar-refractivity contribution is 7.99. The summed E-state index contributed by atoms with van der Waals surface area (Å²) in [5, 5.41) is 8.72. The van der Waals surface area contributed by atoms with Gasteiger partial charge in [0.05, 0.1) is 16.3 Å². The van der Waals surface area contributed by atoms with Gasteiger partial charge >= 0.3 is 0 Å². The van der Waals surface area contributed by atoms with Crippen molar-refractivity contribution in [3.8, 4) is 22.4 Å². The highest BCUT2D eigenvalue weighted by atomic mass is 32.2. The Kier molecular flexibility index (Phi) is 7.69. The average molecular weight is 427 g/mol. The molecule has 2 heterocycles. The molecule has 1 aliphatic heterocycles. The summed E-state index contributed by atoms with van der Waals surface area (Å²) in [6.45, 7) is 7.27. The zero-order valence-electron chi connectivity index (χ0n) is 16.8. The molecule has 1 aromatic carbocycles. The molecule has 0 unspecified atom stereocenters. The smallest absolute Gasteiger partial charge is 0.211 e. The zero-order valence-corrected chi connectivity index (χ0v) is 18.4. The number of hydrogen-bond acceptors (Lipinski definition) is 6. The third kappa shape index (κ3) is 6.32. The van der Waals surface area contributed by atoms with Crippen molar-refractivity contribution in [3.63, 3.8) is 0 Å². The van der Waals surface area contributed by atoms with Gasteiger partial charge in [0.25, 0.3) is 0 Å². The maximum Gasteiger partial charge on any atom is 0.211 e. The second-order valence-corrected chi connectivity index (χ2v) is 8.95. The van der Waals surface area contributed by atoms with Gasteiger partial charge in [0, 0.05) is 48.7 Å². The first-order valence-electron chi connectivity index (χ1n) is 9.53. The molecule has 29 heavy (non-hydrogen) atoms. The van der Waals surface area contributed by atoms with Crippen molar-refractivity contribution < 1.29 is 0 Å². The van der Waals surface area contributed by atoms with Crippen LogP contribution >= 0.6 is 23.1 Å². The predicted octanol–water partition coefficient (Wildman–Crippen LogP) is 2.91. The third-order valence-corrected chi connectivity index (χ3v) is 6.72. The van der Waals surface area contributed by atoms with E-state index in [1.54, 1.807) is 11.3 Å². The molecule has 0 aliphatic carbocycles. The van der Waals surface area contributed by atoms with Gasteiger partial charge in [-0.2, -0.15) is 16.9 Å². The van der Waals surface area contributed by atoms with Crippen LogP contribution in [0.25, 0.3) is 10.6 Å². The minimum absolute atomic E-state index is 0.0571. The van der Waals surface area contributed by atoms with Gasteiger partial charge in [-0.15, -0.1) is 16.4 Å². The summed E-state index contributed by atoms with van der Waals surface area (Å²) in [5.41, 5.74) is 14.4. The quantitative estimate of drug-likeness (QED) is 0.332. The minimum Gasteiger partial charge on any atom is -0.369 e. The van der Waals surface area contributed by atoms with Crippen LogP contribution in [0, 0.1) is 18.8 Å². The van der Waals surface area contributed by atoms with E-state index in [1.165, 1.54) is 24.6 Å². The molecule has 0 spiro atoms. The normalized spacial score (nSPS) is 14.9. The SMILES string of the molecule is C/C(=N\N=C(N)N)c1sc(-c2ccc(C#CCCN3CCSCC3)cc2)nc1C. The van der Waals surface area contributed by atoms with Gasteiger partial charge in [-0.05, 0) is 26.0 Å². The Balaban J connectivity index is 1.63. The lowest BCUT2D eigenvalue weighted by molar-refractivity contribution is 0.310. The largest absolute Gasteiger partial charge is 0.369 e. The van der Waals surface area contributed by atoms with E-state index in [0.29, 0.717) is 0 Å². The minimum atomic E-state index is -0.0571. The topological polar surface area (TPSA) is 92.9 Å². The van der Waals surface area contributed by atoms with E-state index in [4.69, 9.17) is 11.5 Å². The standard InChI is InChI=1S/C21H26N6S2/c1-15-19(16(2)25-26-21(22)23)29-20(24-15)18-8-6-17(7-9-18)5-3-4-10-27-11-13-28-14-12-27/h6-9H,4,10-14H2,1-2H3,(H4,22,23,26)/b25-16+. The van der Waals surface area contributed by atoms with E-state index >= 15 is 0 Å². The lowest BCUT2D eigenvalue weighted by atomic mass is 10.1. The average Bonchev–Trinajstić information content (AvgIpc) is 3.12. The number of thioether (sulfide) groups is 1. The van der Waals surface area contributed by atoms with Crippen molar-refractivity contribution in [1.82, 2.24) is 9.88 Å². The van der Waals surface area contributed by atoms with E-state index in [9.17, 15) is 0 Å². The van der Waals surface area contributed by atoms with Gasteiger partial charge < -0.3 is 16.4 Å². The first kappa shape index (κ1) is 21.4. The number of rotatable bonds is 5. The van der Waals surface area contributed by atoms with Gasteiger partial charge in [-0.25, -0.2) is 4.98 Å². The summed E-state index contributed by atoms with van der Waals surface area (Å²) in [7, 11) is 0. The monoisotopic (exact) mass is 426 g/mol. The molecular weight excluding hydrogens is 400 g/mol. The Morgan fingerprint density at radius 2 is 1.90 bits per heavy atom. The van der Waals surface area contributed by atoms with Crippen LogP contribution in [-0.4, -0.2) is 52.7 Å². The number of thiazole rings is 1. The molecule has 0 radical (unpaired) electrons. The molecule has 0 atom stereocenters. The molecule has 1 fully saturated rings. The fraction of sp³-hybridized carbons (Fsp3) is 0.381. The summed E-state index contributed by atoms with van der Waals surface area (Å²) in [4.78, 5) is 8.14. The highest BCUT2D eigenvalue weighted by Gasteiger charge is 2.12. The maximum atomic E-state index is 5.34. The Morgan fingerprint density at radius 1 is 1.17 bits per heavy atom. The first-order chi connectivity index (χ1) is 14.0. The van der Waals surface area contributed by atoms with E-state index < -0.39 is 0 Å². The van der Waals surface area contributed by atoms with Crippen LogP contribution in [0.1, 0.15) is 29.5 Å². The number of aryl methyl sites for hydroxylation is 1. The maximum absolute atomic E-state index is 5.34. The molecule has 0 bridgehead atoms. The molecule has 1 aromatic heterocycles. The number of hydrogen-bond donors (Lipinski definition) is 2. The Morgan fingerprint density at radius 3 is 2.59 bits per heavy atom. The van der Waals surface area contributed by atoms with Crippen molar-refractivity contribution in [3.05, 3.63) is 40.4 Å². The summed E-state index contributed by atoms with van der Waals surface area (Å²) >= 11 is 3.62. The van der Waals surface area contributed by atoms with E-state index in [0.717, 1.165) is 45.4 Å². The van der Waals surface area contributed by atoms with Crippen molar-refractivity contribution in [2.75, 3.05) is 31.1 Å². The first-order valence-corrected chi connectivity index (χ1v) is 11.5. The third-order valence-electron chi connectivity index (χ3n) is 4.46. The van der Waals surface area contributed by atoms with Crippen molar-refractivity contribution in [2.24, 2.45) is 21.7 Å². The molecule has 3 rings (SSSR count). The van der Waals surface area contributed by atoms with Gasteiger partial charge in [0.1, 0.15) is 5.01 Å². The van der Waals surface area contributed by atoms with Crippen LogP contribution in [0.5, 0.6) is 0 Å². The van der Waals surface area contributed by atoms with Gasteiger partial charge in [-0.1, -0.05) is 24.0 Å². The fourth-order valence-corrected chi connectivity index (χ4v) is 4.92. The van der Waals surface area contributed by atoms with Crippen LogP contribution in [0.15, 0.2) is 34.5 Å². The number of nitrogens with zero attached hydrogens (tertiary/aromatic N) is 4. The Bertz CT molecular complexity index is 940. The van der Waals surface area contributed by atoms with Crippen LogP contribution in [0.2, 0.25) is 0 Å². The van der Waals surface area contributed by atoms with Gasteiger partial charge in [0.15, 0.2) is 0 Å². The molecular formula is C21H26N6S2. The summed E-state index contributed by atoms with van der Waals surface area (Å²) < 4.78 is 0. The van der Waals surface area contributed by atoms with Crippen molar-refractivity contribution in [2.45, 2.75) is 20.3 Å². The Hall–Kier alpha value is -2.34. The molecule has 152 valence electrons. The Labute approximate surface area is 180 Å². The number of aromatic nitrogens is 1. The number of benzene rings is 1. The second-order valence-electron chi connectivity index (χ2n) is 6.73. The van der Waals surface area contributed by atoms with Crippen LogP contribution in [0.4, 0.5) is 0 Å². The van der Waals surface area contributed by atoms with Crippen molar-refractivity contribution in [1.29, 1.82) is 0 Å². The highest BCUT2D eigenvalue weighted by Crippen LogP contribution is 2.28. The van der Waals surface area contributed by atoms with Gasteiger partial charge in [0.2, 0.25) is 5.96 Å². The molecule has 6 nitrogen and oxygen atoms in total. The van der Waals surface area contributed by atoms with Crippen LogP contribution in [0.3, 0.4) is 0 Å². The van der Waals surface area contributed by atoms with E-state index in [1.807, 2.05) is 25.6 Å². The van der Waals surface area contributed by atoms with Crippen molar-refractivity contribution >= 4 is 34.8 Å². The summed E-state index contributed by atoms with van der Waals surface area (Å²) in [6.07, 6.45) is 0.913. The summed E-state index contributed by atoms with van der Waals surface area (Å²) in [5.74, 6) is 9.00. The van der Waals surface area contributed by atoms with E-state index in [2.05, 4.69) is 56.2 Å². The zero-order chi connectivity index (χ0) is 20.6. The second kappa shape index (κ2) is 10.4. The molecule has 8 heteroatoms. The fourth-order valence-electron chi connectivity index (χ4n) is 2.93. The lowest BCUT2D eigenvalue weighted by Crippen LogP contribution is -2.33. The van der Waals surface area contributed by atoms with E-state index in [-0.39, 0.29) is 5.96 Å². The lowest BCUT2D eigenvalue weighted by Gasteiger charge is -2.24. The molecule has 1 saturated heterocycles. The van der Waals surface area contributed by atoms with Crippen LogP contribution in [-0.2, 0) is 0 Å². The molecule has 0 amide bonds. The molecule has 2 aromatic rings. The van der Waals surface area contributed by atoms with Gasteiger partial charge in [-0.3, -0.25) is 0 Å². The predicted molar refractivity (Wildman–Crippen MR) is 126 cm³/mol. The molecule has 4 N–H and O–H groups in total. The number of guanidine groups is 1. The number of nitrogens with two attached hydrogens (primary N) is 2. The summed E-state index contributed by atoms with van der Waals surface area (Å²) in [6, 6.07) is 8.24.